The van der Waals surface area contributed by atoms with Gasteiger partial charge in [-0.2, -0.15) is 0 Å². The van der Waals surface area contributed by atoms with Crippen LogP contribution in [0.15, 0.2) is 170 Å². The Hall–Kier alpha value is -6.43. The maximum Gasteiger partial charge on any atom is 0.165 e. The fraction of sp³-hybridized carbons (Fsp3) is 0.0426. The zero-order valence-corrected chi connectivity index (χ0v) is 28.9. The first-order valence-electron chi connectivity index (χ1n) is 17.7. The first-order valence-corrected chi connectivity index (χ1v) is 18.5. The molecule has 2 aromatic heterocycles. The minimum absolute atomic E-state index is 0.319. The van der Waals surface area contributed by atoms with E-state index in [2.05, 4.69) is 151 Å². The van der Waals surface area contributed by atoms with Crippen molar-refractivity contribution in [3.05, 3.63) is 175 Å². The van der Waals surface area contributed by atoms with Gasteiger partial charge < -0.3 is 4.90 Å². The Morgan fingerprint density at radius 3 is 2.10 bits per heavy atom. The highest BCUT2D eigenvalue weighted by Crippen LogP contribution is 2.53. The molecular formula is C47H30N4S. The zero-order valence-electron chi connectivity index (χ0n) is 28.1. The van der Waals surface area contributed by atoms with Crippen molar-refractivity contribution in [2.75, 3.05) is 4.90 Å². The number of aromatic nitrogens is 3. The Bertz CT molecular complexity index is 2960. The molecule has 0 amide bonds. The van der Waals surface area contributed by atoms with E-state index in [0.717, 1.165) is 39.6 Å². The highest BCUT2D eigenvalue weighted by molar-refractivity contribution is 7.26. The second-order valence-electron chi connectivity index (χ2n) is 13.5. The van der Waals surface area contributed by atoms with Gasteiger partial charge in [0.15, 0.2) is 17.5 Å². The van der Waals surface area contributed by atoms with Crippen LogP contribution in [0.5, 0.6) is 0 Å². The second-order valence-corrected chi connectivity index (χ2v) is 14.6. The average molecular weight is 683 g/mol. The molecule has 1 aliphatic carbocycles. The minimum Gasteiger partial charge on any atom is -0.313 e. The summed E-state index contributed by atoms with van der Waals surface area (Å²) in [4.78, 5) is 18.1. The fourth-order valence-electron chi connectivity index (χ4n) is 8.19. The van der Waals surface area contributed by atoms with E-state index in [4.69, 9.17) is 15.0 Å². The lowest BCUT2D eigenvalue weighted by Gasteiger charge is -2.26. The number of hydrogen-bond donors (Lipinski definition) is 0. The molecule has 4 nitrogen and oxygen atoms in total. The van der Waals surface area contributed by atoms with Crippen molar-refractivity contribution in [2.24, 2.45) is 0 Å². The Morgan fingerprint density at radius 2 is 1.23 bits per heavy atom. The molecule has 11 rings (SSSR count). The van der Waals surface area contributed by atoms with Crippen LogP contribution < -0.4 is 4.90 Å². The number of allylic oxidation sites excluding steroid dienone is 4. The molecule has 0 saturated heterocycles. The largest absolute Gasteiger partial charge is 0.313 e. The molecule has 0 N–H and O–H groups in total. The minimum atomic E-state index is 0.319. The molecule has 52 heavy (non-hydrogen) atoms. The summed E-state index contributed by atoms with van der Waals surface area (Å²) in [6.45, 7) is 0. The van der Waals surface area contributed by atoms with Crippen LogP contribution in [0, 0.1) is 0 Å². The number of anilines is 2. The van der Waals surface area contributed by atoms with E-state index in [1.807, 2.05) is 18.2 Å². The van der Waals surface area contributed by atoms with Gasteiger partial charge in [0, 0.05) is 53.9 Å². The molecule has 9 aromatic rings. The highest BCUT2D eigenvalue weighted by atomic mass is 32.1. The normalized spacial score (nSPS) is 15.0. The van der Waals surface area contributed by atoms with Gasteiger partial charge in [-0.15, -0.1) is 11.3 Å². The van der Waals surface area contributed by atoms with E-state index >= 15 is 0 Å². The molecule has 244 valence electrons. The molecular weight excluding hydrogens is 653 g/mol. The lowest BCUT2D eigenvalue weighted by Crippen LogP contribution is -2.15. The van der Waals surface area contributed by atoms with Crippen LogP contribution >= 0.6 is 11.3 Å². The summed E-state index contributed by atoms with van der Waals surface area (Å²) in [6, 6.07) is 51.9. The molecule has 7 aromatic carbocycles. The van der Waals surface area contributed by atoms with E-state index in [-0.39, 0.29) is 0 Å². The molecule has 1 aliphatic heterocycles. The molecule has 0 spiro atoms. The van der Waals surface area contributed by atoms with E-state index in [9.17, 15) is 0 Å². The van der Waals surface area contributed by atoms with E-state index in [1.165, 1.54) is 47.9 Å². The van der Waals surface area contributed by atoms with Crippen LogP contribution in [-0.2, 0) is 0 Å². The van der Waals surface area contributed by atoms with Gasteiger partial charge in [-0.25, -0.2) is 15.0 Å². The van der Waals surface area contributed by atoms with Gasteiger partial charge in [0.2, 0.25) is 0 Å². The summed E-state index contributed by atoms with van der Waals surface area (Å²) >= 11 is 1.79. The Kier molecular flexibility index (Phi) is 6.51. The van der Waals surface area contributed by atoms with Gasteiger partial charge in [-0.05, 0) is 70.6 Å². The predicted octanol–water partition coefficient (Wildman–Crippen LogP) is 12.6. The Morgan fingerprint density at radius 1 is 0.538 bits per heavy atom. The third kappa shape index (κ3) is 4.49. The van der Waals surface area contributed by atoms with E-state index in [0.29, 0.717) is 23.4 Å². The maximum atomic E-state index is 5.28. The first kappa shape index (κ1) is 29.3. The fourth-order valence-corrected chi connectivity index (χ4v) is 9.40. The summed E-state index contributed by atoms with van der Waals surface area (Å²) in [5, 5.41) is 7.27. The third-order valence-electron chi connectivity index (χ3n) is 10.6. The lowest BCUT2D eigenvalue weighted by molar-refractivity contribution is 0.821. The van der Waals surface area contributed by atoms with Crippen LogP contribution in [0.4, 0.5) is 11.4 Å². The van der Waals surface area contributed by atoms with Crippen LogP contribution in [0.1, 0.15) is 17.9 Å². The summed E-state index contributed by atoms with van der Waals surface area (Å²) in [7, 11) is 0. The van der Waals surface area contributed by atoms with Crippen LogP contribution in [0.2, 0.25) is 0 Å². The highest BCUT2D eigenvalue weighted by Gasteiger charge is 2.36. The molecule has 2 aliphatic rings. The van der Waals surface area contributed by atoms with E-state index in [1.54, 1.807) is 11.3 Å². The number of benzene rings is 7. The van der Waals surface area contributed by atoms with Crippen molar-refractivity contribution >= 4 is 64.4 Å². The SMILES string of the molecule is C1=CCC2C(=C1)N(c1ccc(-c3nc(-c4ccccc4)nc(-c4cccc5c4sc4ccccc45)n3)c3ccccc13)c1cc3ccccc3cc12. The first-order chi connectivity index (χ1) is 25.8. The molecule has 1 atom stereocenters. The molecule has 3 heterocycles. The smallest absolute Gasteiger partial charge is 0.165 e. The molecule has 0 fully saturated rings. The summed E-state index contributed by atoms with van der Waals surface area (Å²) in [5.41, 5.74) is 8.07. The predicted molar refractivity (Wildman–Crippen MR) is 217 cm³/mol. The zero-order chi connectivity index (χ0) is 34.2. The van der Waals surface area contributed by atoms with Gasteiger partial charge in [0.1, 0.15) is 0 Å². The topological polar surface area (TPSA) is 41.9 Å². The van der Waals surface area contributed by atoms with Crippen LogP contribution in [-0.4, -0.2) is 15.0 Å². The molecule has 0 saturated carbocycles. The molecule has 0 bridgehead atoms. The van der Waals surface area contributed by atoms with Crippen molar-refractivity contribution in [1.82, 2.24) is 15.0 Å². The van der Waals surface area contributed by atoms with Crippen molar-refractivity contribution in [1.29, 1.82) is 0 Å². The summed E-state index contributed by atoms with van der Waals surface area (Å²) < 4.78 is 2.44. The summed E-state index contributed by atoms with van der Waals surface area (Å²) in [6.07, 6.45) is 7.78. The van der Waals surface area contributed by atoms with Crippen LogP contribution in [0.3, 0.4) is 0 Å². The van der Waals surface area contributed by atoms with Gasteiger partial charge in [-0.1, -0.05) is 121 Å². The van der Waals surface area contributed by atoms with Crippen molar-refractivity contribution in [3.8, 4) is 34.2 Å². The lowest BCUT2D eigenvalue weighted by atomic mass is 9.91. The second kappa shape index (κ2) is 11.6. The number of hydrogen-bond acceptors (Lipinski definition) is 5. The molecule has 5 heteroatoms. The van der Waals surface area contributed by atoms with Crippen LogP contribution in [0.25, 0.3) is 75.9 Å². The van der Waals surface area contributed by atoms with Crippen molar-refractivity contribution in [3.63, 3.8) is 0 Å². The standard InChI is InChI=1S/C47H30N4S/c1-2-13-29(14-3-1)45-48-46(50-47(49-45)38-22-12-21-36-35-20-9-11-24-43(35)52-44(36)38)37-25-26-41(33-18-7-6-17-32(33)37)51-40-23-10-8-19-34(40)39-27-30-15-4-5-16-31(30)28-42(39)51/h1-18,20-28,34H,19H2. The molecule has 0 radical (unpaired) electrons. The summed E-state index contributed by atoms with van der Waals surface area (Å²) in [5.74, 6) is 2.32. The molecule has 1 unspecified atom stereocenters. The van der Waals surface area contributed by atoms with Crippen molar-refractivity contribution in [2.45, 2.75) is 12.3 Å². The Labute approximate surface area is 304 Å². The van der Waals surface area contributed by atoms with Gasteiger partial charge in [-0.3, -0.25) is 0 Å². The quantitative estimate of drug-likeness (QED) is 0.185. The number of thiophene rings is 1. The average Bonchev–Trinajstić information content (AvgIpc) is 3.75. The Balaban J connectivity index is 1.13. The van der Waals surface area contributed by atoms with Gasteiger partial charge >= 0.3 is 0 Å². The van der Waals surface area contributed by atoms with Gasteiger partial charge in [0.05, 0.1) is 11.4 Å². The van der Waals surface area contributed by atoms with Gasteiger partial charge in [0.25, 0.3) is 0 Å². The number of rotatable bonds is 4. The van der Waals surface area contributed by atoms with E-state index < -0.39 is 0 Å². The maximum absolute atomic E-state index is 5.28. The third-order valence-corrected chi connectivity index (χ3v) is 11.8. The van der Waals surface area contributed by atoms with Crippen molar-refractivity contribution < 1.29 is 0 Å². The monoisotopic (exact) mass is 682 g/mol. The number of fused-ring (bicyclic) bond motifs is 8. The number of nitrogens with zero attached hydrogens (tertiary/aromatic N) is 4.